The number of anilines is 1. The van der Waals surface area contributed by atoms with Gasteiger partial charge in [-0.05, 0) is 30.5 Å². The molecule has 1 heterocycles. The first-order valence-corrected chi connectivity index (χ1v) is 6.74. The van der Waals surface area contributed by atoms with Gasteiger partial charge in [0.15, 0.2) is 0 Å². The molecule has 0 saturated carbocycles. The minimum atomic E-state index is -0.372. The molecular weight excluding hydrogens is 256 g/mol. The van der Waals surface area contributed by atoms with E-state index < -0.39 is 0 Å². The zero-order valence-corrected chi connectivity index (χ0v) is 11.6. The maximum Gasteiger partial charge on any atom is 0.322 e. The number of nitrogens with zero attached hydrogens (tertiary/aromatic N) is 1. The third-order valence-corrected chi connectivity index (χ3v) is 3.50. The van der Waals surface area contributed by atoms with Crippen molar-refractivity contribution in [3.8, 4) is 0 Å². The van der Waals surface area contributed by atoms with Crippen LogP contribution in [0.2, 0.25) is 0 Å². The lowest BCUT2D eigenvalue weighted by Gasteiger charge is -2.23. The molecule has 108 valence electrons. The fourth-order valence-corrected chi connectivity index (χ4v) is 2.37. The van der Waals surface area contributed by atoms with E-state index in [1.54, 1.807) is 11.9 Å². The lowest BCUT2D eigenvalue weighted by atomic mass is 10.2. The topological polar surface area (TPSA) is 87.5 Å². The summed E-state index contributed by atoms with van der Waals surface area (Å²) in [4.78, 5) is 25.5. The summed E-state index contributed by atoms with van der Waals surface area (Å²) in [6.07, 6.45) is 1.55. The molecule has 0 spiro atoms. The Balaban J connectivity index is 2.01. The van der Waals surface area contributed by atoms with Crippen LogP contribution in [-0.2, 0) is 11.3 Å². The molecule has 0 radical (unpaired) electrons. The quantitative estimate of drug-likeness (QED) is 0.766. The van der Waals surface area contributed by atoms with Crippen LogP contribution in [0.15, 0.2) is 24.3 Å². The number of rotatable bonds is 3. The molecule has 4 N–H and O–H groups in total. The predicted molar refractivity (Wildman–Crippen MR) is 77.1 cm³/mol. The number of hydrogen-bond donors (Lipinski definition) is 3. The number of carbonyl (C=O) groups is 2. The van der Waals surface area contributed by atoms with E-state index in [0.29, 0.717) is 25.2 Å². The van der Waals surface area contributed by atoms with Crippen molar-refractivity contribution in [1.29, 1.82) is 0 Å². The molecule has 6 heteroatoms. The standard InChI is InChI=1S/C14H20N4O2/c1-16-13(19)12-3-2-8-18(12)14(20)17-11-6-4-10(9-15)5-7-11/h4-7,12H,2-3,8-9,15H2,1H3,(H,16,19)(H,17,20). The van der Waals surface area contributed by atoms with E-state index in [4.69, 9.17) is 5.73 Å². The van der Waals surface area contributed by atoms with Crippen molar-refractivity contribution >= 4 is 17.6 Å². The van der Waals surface area contributed by atoms with Gasteiger partial charge in [0.05, 0.1) is 0 Å². The van der Waals surface area contributed by atoms with Crippen molar-refractivity contribution in [1.82, 2.24) is 10.2 Å². The largest absolute Gasteiger partial charge is 0.357 e. The maximum atomic E-state index is 12.2. The minimum Gasteiger partial charge on any atom is -0.357 e. The van der Waals surface area contributed by atoms with Crippen LogP contribution in [-0.4, -0.2) is 36.5 Å². The molecule has 1 atom stereocenters. The van der Waals surface area contributed by atoms with E-state index in [-0.39, 0.29) is 18.0 Å². The van der Waals surface area contributed by atoms with Gasteiger partial charge in [-0.2, -0.15) is 0 Å². The highest BCUT2D eigenvalue weighted by Crippen LogP contribution is 2.19. The number of likely N-dealkylation sites (tertiary alicyclic amines) is 1. The fraction of sp³-hybridized carbons (Fsp3) is 0.429. The van der Waals surface area contributed by atoms with Gasteiger partial charge < -0.3 is 21.3 Å². The number of amides is 3. The predicted octanol–water partition coefficient (Wildman–Crippen LogP) is 0.888. The van der Waals surface area contributed by atoms with Gasteiger partial charge in [0.25, 0.3) is 0 Å². The van der Waals surface area contributed by atoms with Gasteiger partial charge in [-0.25, -0.2) is 4.79 Å². The van der Waals surface area contributed by atoms with E-state index in [1.165, 1.54) is 0 Å². The number of benzene rings is 1. The molecule has 3 amide bonds. The summed E-state index contributed by atoms with van der Waals surface area (Å²) >= 11 is 0. The highest BCUT2D eigenvalue weighted by atomic mass is 16.2. The van der Waals surface area contributed by atoms with E-state index >= 15 is 0 Å². The van der Waals surface area contributed by atoms with Crippen molar-refractivity contribution in [3.63, 3.8) is 0 Å². The molecule has 1 aliphatic heterocycles. The smallest absolute Gasteiger partial charge is 0.322 e. The molecule has 1 aromatic carbocycles. The summed E-state index contributed by atoms with van der Waals surface area (Å²) in [6, 6.07) is 6.75. The van der Waals surface area contributed by atoms with Gasteiger partial charge in [-0.15, -0.1) is 0 Å². The normalized spacial score (nSPS) is 17.9. The van der Waals surface area contributed by atoms with Crippen molar-refractivity contribution < 1.29 is 9.59 Å². The number of hydrogen-bond acceptors (Lipinski definition) is 3. The Bertz CT molecular complexity index is 486. The second-order valence-corrected chi connectivity index (χ2v) is 4.80. The molecular formula is C14H20N4O2. The van der Waals surface area contributed by atoms with Gasteiger partial charge in [-0.3, -0.25) is 4.79 Å². The number of nitrogens with one attached hydrogen (secondary N) is 2. The molecule has 1 saturated heterocycles. The van der Waals surface area contributed by atoms with Gasteiger partial charge >= 0.3 is 6.03 Å². The zero-order valence-electron chi connectivity index (χ0n) is 11.6. The highest BCUT2D eigenvalue weighted by molar-refractivity contribution is 5.94. The summed E-state index contributed by atoms with van der Waals surface area (Å²) in [6.45, 7) is 1.07. The summed E-state index contributed by atoms with van der Waals surface area (Å²) in [5.74, 6) is -0.115. The van der Waals surface area contributed by atoms with Crippen molar-refractivity contribution in [3.05, 3.63) is 29.8 Å². The third kappa shape index (κ3) is 3.08. The highest BCUT2D eigenvalue weighted by Gasteiger charge is 2.33. The summed E-state index contributed by atoms with van der Waals surface area (Å²) in [5.41, 5.74) is 7.24. The monoisotopic (exact) mass is 276 g/mol. The first kappa shape index (κ1) is 14.3. The second-order valence-electron chi connectivity index (χ2n) is 4.80. The van der Waals surface area contributed by atoms with E-state index in [9.17, 15) is 9.59 Å². The second kappa shape index (κ2) is 6.38. The third-order valence-electron chi connectivity index (χ3n) is 3.50. The average molecular weight is 276 g/mol. The number of nitrogens with two attached hydrogens (primary N) is 1. The van der Waals surface area contributed by atoms with E-state index in [2.05, 4.69) is 10.6 Å². The zero-order chi connectivity index (χ0) is 14.5. The Morgan fingerprint density at radius 2 is 2.05 bits per heavy atom. The van der Waals surface area contributed by atoms with Crippen LogP contribution in [0.25, 0.3) is 0 Å². The van der Waals surface area contributed by atoms with Crippen LogP contribution in [0.4, 0.5) is 10.5 Å². The lowest BCUT2D eigenvalue weighted by Crippen LogP contribution is -2.46. The molecule has 1 aromatic rings. The Hall–Kier alpha value is -2.08. The Morgan fingerprint density at radius 1 is 1.35 bits per heavy atom. The molecule has 0 aliphatic carbocycles. The number of likely N-dealkylation sites (N-methyl/N-ethyl adjacent to an activating group) is 1. The van der Waals surface area contributed by atoms with Crippen LogP contribution in [0.3, 0.4) is 0 Å². The first-order chi connectivity index (χ1) is 9.65. The Kier molecular flexibility index (Phi) is 4.57. The van der Waals surface area contributed by atoms with Crippen molar-refractivity contribution in [2.45, 2.75) is 25.4 Å². The summed E-state index contributed by atoms with van der Waals surface area (Å²) < 4.78 is 0. The van der Waals surface area contributed by atoms with Gasteiger partial charge in [-0.1, -0.05) is 12.1 Å². The SMILES string of the molecule is CNC(=O)C1CCCN1C(=O)Nc1ccc(CN)cc1. The van der Waals surface area contributed by atoms with E-state index in [1.807, 2.05) is 24.3 Å². The van der Waals surface area contributed by atoms with Gasteiger partial charge in [0.2, 0.25) is 5.91 Å². The van der Waals surface area contributed by atoms with Crippen LogP contribution < -0.4 is 16.4 Å². The van der Waals surface area contributed by atoms with Crippen molar-refractivity contribution in [2.24, 2.45) is 5.73 Å². The summed E-state index contributed by atoms with van der Waals surface area (Å²) in [7, 11) is 1.59. The molecule has 1 aliphatic rings. The van der Waals surface area contributed by atoms with Crippen LogP contribution in [0.5, 0.6) is 0 Å². The van der Waals surface area contributed by atoms with E-state index in [0.717, 1.165) is 12.0 Å². The van der Waals surface area contributed by atoms with Gasteiger partial charge in [0, 0.05) is 25.8 Å². The average Bonchev–Trinajstić information content (AvgIpc) is 2.96. The fourth-order valence-electron chi connectivity index (χ4n) is 2.37. The Morgan fingerprint density at radius 3 is 2.65 bits per heavy atom. The first-order valence-electron chi connectivity index (χ1n) is 6.74. The molecule has 6 nitrogen and oxygen atoms in total. The lowest BCUT2D eigenvalue weighted by molar-refractivity contribution is -0.124. The molecule has 0 aromatic heterocycles. The van der Waals surface area contributed by atoms with Crippen molar-refractivity contribution in [2.75, 3.05) is 18.9 Å². The molecule has 2 rings (SSSR count). The maximum absolute atomic E-state index is 12.2. The molecule has 1 unspecified atom stereocenters. The number of urea groups is 1. The van der Waals surface area contributed by atoms with Crippen LogP contribution >= 0.6 is 0 Å². The molecule has 0 bridgehead atoms. The van der Waals surface area contributed by atoms with Gasteiger partial charge in [0.1, 0.15) is 6.04 Å². The Labute approximate surface area is 118 Å². The molecule has 1 fully saturated rings. The summed E-state index contributed by atoms with van der Waals surface area (Å²) in [5, 5.41) is 5.41. The number of carbonyl (C=O) groups excluding carboxylic acids is 2. The van der Waals surface area contributed by atoms with Crippen LogP contribution in [0, 0.1) is 0 Å². The van der Waals surface area contributed by atoms with Crippen LogP contribution in [0.1, 0.15) is 18.4 Å². The molecule has 20 heavy (non-hydrogen) atoms. The minimum absolute atomic E-state index is 0.115.